The van der Waals surface area contributed by atoms with Crippen molar-refractivity contribution >= 4 is 39.8 Å². The number of hydrogen-bond donors (Lipinski definition) is 3. The highest BCUT2D eigenvalue weighted by Crippen LogP contribution is 2.36. The fraction of sp³-hybridized carbons (Fsp3) is 0.0769. The third-order valence-corrected chi connectivity index (χ3v) is 5.54. The summed E-state index contributed by atoms with van der Waals surface area (Å²) in [5.74, 6) is 0.634. The number of nitrogens with two attached hydrogens (primary N) is 1. The number of methoxy groups -OCH3 is 1. The summed E-state index contributed by atoms with van der Waals surface area (Å²) in [5.41, 5.74) is 6.04. The van der Waals surface area contributed by atoms with Crippen LogP contribution in [-0.4, -0.2) is 18.0 Å². The Morgan fingerprint density at radius 2 is 1.84 bits per heavy atom. The molecule has 4 aromatic rings. The van der Waals surface area contributed by atoms with E-state index in [4.69, 9.17) is 26.8 Å². The molecule has 0 aliphatic carbocycles. The van der Waals surface area contributed by atoms with Gasteiger partial charge in [0.05, 0.1) is 34.5 Å². The Balaban J connectivity index is 1.52. The highest BCUT2D eigenvalue weighted by molar-refractivity contribution is 6.33. The van der Waals surface area contributed by atoms with Crippen molar-refractivity contribution in [3.8, 4) is 17.2 Å². The van der Waals surface area contributed by atoms with Crippen LogP contribution in [0, 0.1) is 0 Å². The molecule has 7 nitrogen and oxygen atoms in total. The molecule has 0 saturated carbocycles. The Labute approximate surface area is 214 Å². The van der Waals surface area contributed by atoms with Crippen LogP contribution in [0.4, 0.5) is 24.5 Å². The van der Waals surface area contributed by atoms with E-state index in [-0.39, 0.29) is 22.1 Å². The molecular formula is C26H20ClF3N4O3. The van der Waals surface area contributed by atoms with Crippen molar-refractivity contribution in [3.05, 3.63) is 95.4 Å². The van der Waals surface area contributed by atoms with Crippen molar-refractivity contribution in [2.75, 3.05) is 17.7 Å². The zero-order valence-corrected chi connectivity index (χ0v) is 20.1. The van der Waals surface area contributed by atoms with Crippen molar-refractivity contribution in [1.29, 1.82) is 0 Å². The van der Waals surface area contributed by atoms with Gasteiger partial charge < -0.3 is 25.8 Å². The molecule has 0 spiro atoms. The van der Waals surface area contributed by atoms with Gasteiger partial charge >= 0.3 is 6.18 Å². The number of halogens is 4. The second-order valence-electron chi connectivity index (χ2n) is 7.79. The van der Waals surface area contributed by atoms with Gasteiger partial charge in [0.1, 0.15) is 23.1 Å². The van der Waals surface area contributed by atoms with E-state index >= 15 is 0 Å². The summed E-state index contributed by atoms with van der Waals surface area (Å²) in [4.78, 5) is 16.1. The number of fused-ring (bicyclic) bond motifs is 1. The predicted octanol–water partition coefficient (Wildman–Crippen LogP) is 6.80. The van der Waals surface area contributed by atoms with E-state index in [9.17, 15) is 18.0 Å². The summed E-state index contributed by atoms with van der Waals surface area (Å²) in [6, 6.07) is 14.3. The van der Waals surface area contributed by atoms with E-state index in [0.717, 1.165) is 12.1 Å². The number of ether oxygens (including phenoxy) is 2. The minimum Gasteiger partial charge on any atom is -0.496 e. The lowest BCUT2D eigenvalue weighted by atomic mass is 10.1. The summed E-state index contributed by atoms with van der Waals surface area (Å²) in [6.45, 7) is 3.79. The topological polar surface area (TPSA) is 98.5 Å². The largest absolute Gasteiger partial charge is 0.496 e. The van der Waals surface area contributed by atoms with Crippen molar-refractivity contribution in [2.24, 2.45) is 5.73 Å². The van der Waals surface area contributed by atoms with Crippen molar-refractivity contribution < 1.29 is 27.4 Å². The molecule has 37 heavy (non-hydrogen) atoms. The molecule has 1 aromatic heterocycles. The number of carbonyl (C=O) groups excluding carboxylic acids is 1. The van der Waals surface area contributed by atoms with Gasteiger partial charge in [-0.2, -0.15) is 13.2 Å². The number of primary amides is 1. The molecule has 0 unspecified atom stereocenters. The van der Waals surface area contributed by atoms with Gasteiger partial charge in [0.15, 0.2) is 0 Å². The third kappa shape index (κ3) is 5.87. The van der Waals surface area contributed by atoms with E-state index in [2.05, 4.69) is 22.2 Å². The van der Waals surface area contributed by atoms with E-state index in [1.165, 1.54) is 19.2 Å². The Morgan fingerprint density at radius 1 is 1.05 bits per heavy atom. The number of carbonyl (C=O) groups is 1. The monoisotopic (exact) mass is 528 g/mol. The first-order valence-corrected chi connectivity index (χ1v) is 11.1. The molecule has 4 N–H and O–H groups in total. The standard InChI is InChI=1S/C26H20ClF3N4O3/c1-14(33-16-5-3-4-15(10-16)26(28,29)30)34-21-7-6-17(11-20(21)27)37-23-8-9-32-22-13-24(36-2)19(25(31)35)12-18(22)23/h3-13,33-34H,1H2,2H3,(H2,31,35). The van der Waals surface area contributed by atoms with Gasteiger partial charge in [-0.05, 0) is 42.5 Å². The number of benzene rings is 3. The number of amides is 1. The van der Waals surface area contributed by atoms with Gasteiger partial charge in [-0.15, -0.1) is 0 Å². The molecule has 0 atom stereocenters. The van der Waals surface area contributed by atoms with E-state index in [1.807, 2.05) is 0 Å². The number of rotatable bonds is 8. The molecule has 0 radical (unpaired) electrons. The summed E-state index contributed by atoms with van der Waals surface area (Å²) >= 11 is 6.40. The first-order valence-electron chi connectivity index (χ1n) is 10.7. The van der Waals surface area contributed by atoms with Crippen LogP contribution in [-0.2, 0) is 6.18 Å². The number of nitrogens with zero attached hydrogens (tertiary/aromatic N) is 1. The fourth-order valence-corrected chi connectivity index (χ4v) is 3.75. The number of anilines is 2. The van der Waals surface area contributed by atoms with Gasteiger partial charge in [0, 0.05) is 29.4 Å². The maximum absolute atomic E-state index is 12.9. The van der Waals surface area contributed by atoms with Gasteiger partial charge in [-0.1, -0.05) is 24.2 Å². The maximum Gasteiger partial charge on any atom is 0.416 e. The van der Waals surface area contributed by atoms with Crippen molar-refractivity contribution in [2.45, 2.75) is 6.18 Å². The molecule has 11 heteroatoms. The first-order chi connectivity index (χ1) is 17.5. The normalized spacial score (nSPS) is 11.2. The fourth-order valence-electron chi connectivity index (χ4n) is 3.53. The number of pyridine rings is 1. The second kappa shape index (κ2) is 10.3. The smallest absolute Gasteiger partial charge is 0.416 e. The Kier molecular flexibility index (Phi) is 7.12. The van der Waals surface area contributed by atoms with Crippen molar-refractivity contribution in [3.63, 3.8) is 0 Å². The highest BCUT2D eigenvalue weighted by Gasteiger charge is 2.30. The van der Waals surface area contributed by atoms with Crippen LogP contribution in [0.25, 0.3) is 10.9 Å². The predicted molar refractivity (Wildman–Crippen MR) is 136 cm³/mol. The Hall–Kier alpha value is -4.44. The molecule has 1 heterocycles. The lowest BCUT2D eigenvalue weighted by Crippen LogP contribution is -2.12. The van der Waals surface area contributed by atoms with Crippen LogP contribution in [0.5, 0.6) is 17.2 Å². The van der Waals surface area contributed by atoms with Crippen LogP contribution in [0.3, 0.4) is 0 Å². The van der Waals surface area contributed by atoms with Crippen LogP contribution >= 0.6 is 11.6 Å². The zero-order valence-electron chi connectivity index (χ0n) is 19.3. The number of alkyl halides is 3. The second-order valence-corrected chi connectivity index (χ2v) is 8.20. The molecule has 0 bridgehead atoms. The van der Waals surface area contributed by atoms with Crippen LogP contribution < -0.4 is 25.8 Å². The quantitative estimate of drug-likeness (QED) is 0.232. The van der Waals surface area contributed by atoms with Gasteiger partial charge in [0.2, 0.25) is 0 Å². The highest BCUT2D eigenvalue weighted by atomic mass is 35.5. The van der Waals surface area contributed by atoms with Crippen LogP contribution in [0.2, 0.25) is 5.02 Å². The van der Waals surface area contributed by atoms with Gasteiger partial charge in [-0.3, -0.25) is 9.78 Å². The van der Waals surface area contributed by atoms with E-state index < -0.39 is 17.6 Å². The first kappa shape index (κ1) is 25.6. The third-order valence-electron chi connectivity index (χ3n) is 5.23. The molecule has 0 saturated heterocycles. The number of hydrogen-bond acceptors (Lipinski definition) is 6. The van der Waals surface area contributed by atoms with Crippen LogP contribution in [0.15, 0.2) is 79.3 Å². The average Bonchev–Trinajstić information content (AvgIpc) is 2.84. The van der Waals surface area contributed by atoms with Crippen LogP contribution in [0.1, 0.15) is 15.9 Å². The minimum absolute atomic E-state index is 0.178. The summed E-state index contributed by atoms with van der Waals surface area (Å²) < 4.78 is 50.1. The SMILES string of the molecule is C=C(Nc1cccc(C(F)(F)F)c1)Nc1ccc(Oc2ccnc3cc(OC)c(C(N)=O)cc23)cc1Cl. The molecule has 4 rings (SSSR count). The summed E-state index contributed by atoms with van der Waals surface area (Å²) in [6.07, 6.45) is -2.92. The zero-order chi connectivity index (χ0) is 26.7. The molecule has 0 aliphatic rings. The van der Waals surface area contributed by atoms with Gasteiger partial charge in [0.25, 0.3) is 5.91 Å². The number of aromatic nitrogens is 1. The molecule has 0 aliphatic heterocycles. The van der Waals surface area contributed by atoms with E-state index in [0.29, 0.717) is 33.8 Å². The Bertz CT molecular complexity index is 1510. The lowest BCUT2D eigenvalue weighted by molar-refractivity contribution is -0.137. The molecule has 3 aromatic carbocycles. The summed E-state index contributed by atoms with van der Waals surface area (Å²) in [5, 5.41) is 6.50. The average molecular weight is 529 g/mol. The molecule has 190 valence electrons. The molecule has 0 fully saturated rings. The van der Waals surface area contributed by atoms with Crippen molar-refractivity contribution in [1.82, 2.24) is 4.98 Å². The minimum atomic E-state index is -4.46. The molecular weight excluding hydrogens is 509 g/mol. The number of nitrogens with one attached hydrogen (secondary N) is 2. The van der Waals surface area contributed by atoms with E-state index in [1.54, 1.807) is 42.6 Å². The summed E-state index contributed by atoms with van der Waals surface area (Å²) in [7, 11) is 1.43. The van der Waals surface area contributed by atoms with Gasteiger partial charge in [-0.25, -0.2) is 0 Å². The Morgan fingerprint density at radius 3 is 2.51 bits per heavy atom. The maximum atomic E-state index is 12.9. The molecule has 1 amide bonds. The lowest BCUT2D eigenvalue weighted by Gasteiger charge is -2.16.